The molecule has 6 atom stereocenters. The van der Waals surface area contributed by atoms with Gasteiger partial charge in [-0.25, -0.2) is 4.79 Å². The number of hydrogen-bond acceptors (Lipinski definition) is 11. The number of carbonyl (C=O) groups excluding carboxylic acids is 1. The van der Waals surface area contributed by atoms with Crippen molar-refractivity contribution in [3.05, 3.63) is 130 Å². The van der Waals surface area contributed by atoms with Crippen LogP contribution in [0.25, 0.3) is 10.8 Å². The maximum Gasteiger partial charge on any atom is 0.410 e. The molecule has 1 heterocycles. The second-order valence-electron chi connectivity index (χ2n) is 17.9. The van der Waals surface area contributed by atoms with Crippen molar-refractivity contribution in [2.45, 2.75) is 95.6 Å². The Balaban J connectivity index is 1.48. The first-order valence-corrected chi connectivity index (χ1v) is 23.1. The number of halogens is 1. The molecule has 2 N–H and O–H groups in total. The quantitative estimate of drug-likeness (QED) is 0.0287. The van der Waals surface area contributed by atoms with E-state index in [0.29, 0.717) is 35.8 Å². The number of aliphatic hydroxyl groups is 2. The van der Waals surface area contributed by atoms with E-state index < -0.39 is 34.4 Å². The lowest BCUT2D eigenvalue weighted by atomic mass is 9.55. The molecule has 1 aliphatic heterocycles. The van der Waals surface area contributed by atoms with Gasteiger partial charge in [-0.05, 0) is 104 Å². The SMILES string of the molecule is C=CCOC12Oc3ccc(Oc4cccc([N+](=O)[O-])c4)cc3C3C(CCCCO)C(CCCCO)C=C(C(=NOC(C)(C)C)CC1N(Cc1cccc4ccccc14)C(=O)OCCCl)C32. The lowest BCUT2D eigenvalue weighted by Crippen LogP contribution is -2.70. The van der Waals surface area contributed by atoms with Gasteiger partial charge in [-0.3, -0.25) is 15.0 Å². The third-order valence-electron chi connectivity index (χ3n) is 12.5. The number of nitro benzene ring substituents is 1. The van der Waals surface area contributed by atoms with Crippen LogP contribution in [0.3, 0.4) is 0 Å². The molecule has 346 valence electrons. The standard InChI is InChI=1S/C51H60ClN3O10/c1-5-27-62-51-46(54(49(58)61-28-24-52)33-36-17-12-16-34-14-6-7-20-40(34)36)32-44(53-65-50(2,3)4)42-29-35(15-8-10-25-56)41(21-9-11-26-57)47(48(42)51)43-31-39(22-23-45(43)64-51)63-38-19-13-18-37(30-38)55(59)60/h5-7,12-14,16-20,22-23,29-31,35,41,46-48,56-57H,1,8-11,15,21,24-28,32-33H2,2-4H3. The fourth-order valence-corrected chi connectivity index (χ4v) is 9.90. The first-order chi connectivity index (χ1) is 31.4. The number of aliphatic hydroxyl groups excluding tert-OH is 2. The second-order valence-corrected chi connectivity index (χ2v) is 18.3. The molecule has 3 aliphatic rings. The minimum atomic E-state index is -1.54. The molecule has 0 saturated heterocycles. The smallest absolute Gasteiger partial charge is 0.410 e. The lowest BCUT2D eigenvalue weighted by Gasteiger charge is -2.60. The van der Waals surface area contributed by atoms with Crippen LogP contribution >= 0.6 is 11.6 Å². The van der Waals surface area contributed by atoms with Gasteiger partial charge in [0.25, 0.3) is 5.69 Å². The number of nitro groups is 1. The van der Waals surface area contributed by atoms with Crippen molar-refractivity contribution in [1.82, 2.24) is 4.90 Å². The van der Waals surface area contributed by atoms with E-state index in [2.05, 4.69) is 12.7 Å². The van der Waals surface area contributed by atoms with Crippen LogP contribution in [-0.2, 0) is 20.9 Å². The summed E-state index contributed by atoms with van der Waals surface area (Å²) in [6.07, 6.45) is 7.78. The molecule has 7 rings (SSSR count). The van der Waals surface area contributed by atoms with E-state index in [1.807, 2.05) is 75.4 Å². The van der Waals surface area contributed by atoms with Crippen LogP contribution in [0.2, 0.25) is 0 Å². The Morgan fingerprint density at radius 3 is 2.48 bits per heavy atom. The van der Waals surface area contributed by atoms with Crippen LogP contribution in [0.4, 0.5) is 10.5 Å². The first-order valence-electron chi connectivity index (χ1n) is 22.6. The summed E-state index contributed by atoms with van der Waals surface area (Å²) in [5, 5.41) is 38.6. The van der Waals surface area contributed by atoms with E-state index in [9.17, 15) is 25.1 Å². The van der Waals surface area contributed by atoms with Gasteiger partial charge in [-0.2, -0.15) is 0 Å². The minimum Gasteiger partial charge on any atom is -0.459 e. The summed E-state index contributed by atoms with van der Waals surface area (Å²) < 4.78 is 26.8. The largest absolute Gasteiger partial charge is 0.459 e. The van der Waals surface area contributed by atoms with Gasteiger partial charge in [-0.1, -0.05) is 78.7 Å². The Bertz CT molecular complexity index is 2380. The number of amides is 1. The number of non-ortho nitro benzene ring substituents is 1. The molecule has 4 aromatic carbocycles. The minimum absolute atomic E-state index is 0.00208. The van der Waals surface area contributed by atoms with Gasteiger partial charge >= 0.3 is 6.09 Å². The predicted octanol–water partition coefficient (Wildman–Crippen LogP) is 10.8. The van der Waals surface area contributed by atoms with Gasteiger partial charge in [-0.15, -0.1) is 18.2 Å². The van der Waals surface area contributed by atoms with Gasteiger partial charge in [0.1, 0.15) is 35.5 Å². The summed E-state index contributed by atoms with van der Waals surface area (Å²) in [7, 11) is 0. The third-order valence-corrected chi connectivity index (χ3v) is 12.6. The molecule has 1 amide bonds. The Hall–Kier alpha value is -5.47. The fourth-order valence-electron chi connectivity index (χ4n) is 9.83. The maximum atomic E-state index is 14.8. The molecule has 65 heavy (non-hydrogen) atoms. The molecule has 0 spiro atoms. The molecule has 1 saturated carbocycles. The van der Waals surface area contributed by atoms with Crippen molar-refractivity contribution < 1.29 is 43.7 Å². The summed E-state index contributed by atoms with van der Waals surface area (Å²) in [6, 6.07) is 24.8. The fraction of sp³-hybridized carbons (Fsp3) is 0.451. The molecule has 0 aromatic heterocycles. The van der Waals surface area contributed by atoms with Crippen molar-refractivity contribution in [2.75, 3.05) is 32.3 Å². The summed E-state index contributed by atoms with van der Waals surface area (Å²) in [5.74, 6) is -1.14. The normalized spacial score (nSPS) is 22.8. The van der Waals surface area contributed by atoms with Crippen LogP contribution in [0.5, 0.6) is 17.2 Å². The van der Waals surface area contributed by atoms with Crippen LogP contribution in [0, 0.1) is 27.9 Å². The average molecular weight is 911 g/mol. The number of fused-ring (bicyclic) bond motifs is 3. The number of alkyl halides is 1. The van der Waals surface area contributed by atoms with Crippen LogP contribution < -0.4 is 9.47 Å². The average Bonchev–Trinajstić information content (AvgIpc) is 3.29. The summed E-state index contributed by atoms with van der Waals surface area (Å²) in [5.41, 5.74) is 2.49. The highest BCUT2D eigenvalue weighted by molar-refractivity contribution is 6.18. The highest BCUT2D eigenvalue weighted by atomic mass is 35.5. The number of carbonyl (C=O) groups is 1. The molecule has 0 bridgehead atoms. The third kappa shape index (κ3) is 10.6. The van der Waals surface area contributed by atoms with Gasteiger partial charge in [0.2, 0.25) is 5.79 Å². The molecule has 13 nitrogen and oxygen atoms in total. The van der Waals surface area contributed by atoms with Gasteiger partial charge in [0.15, 0.2) is 0 Å². The Morgan fingerprint density at radius 2 is 1.74 bits per heavy atom. The highest BCUT2D eigenvalue weighted by Gasteiger charge is 2.66. The molecule has 2 aliphatic carbocycles. The van der Waals surface area contributed by atoms with E-state index in [0.717, 1.165) is 53.2 Å². The lowest BCUT2D eigenvalue weighted by molar-refractivity contribution is -0.384. The topological polar surface area (TPSA) is 162 Å². The van der Waals surface area contributed by atoms with Crippen LogP contribution in [0.15, 0.2) is 114 Å². The number of nitrogens with zero attached hydrogens (tertiary/aromatic N) is 3. The predicted molar refractivity (Wildman–Crippen MR) is 251 cm³/mol. The van der Waals surface area contributed by atoms with Gasteiger partial charge in [0.05, 0.1) is 41.7 Å². The Labute approximate surface area is 385 Å². The van der Waals surface area contributed by atoms with Crippen molar-refractivity contribution in [1.29, 1.82) is 0 Å². The number of oxime groups is 1. The number of ether oxygens (including phenoxy) is 4. The molecule has 6 unspecified atom stereocenters. The summed E-state index contributed by atoms with van der Waals surface area (Å²) >= 11 is 6.15. The number of rotatable bonds is 20. The highest BCUT2D eigenvalue weighted by Crippen LogP contribution is 2.62. The van der Waals surface area contributed by atoms with E-state index >= 15 is 0 Å². The van der Waals surface area contributed by atoms with Gasteiger partial charge in [0, 0.05) is 37.2 Å². The molecular formula is C51H60ClN3O10. The second kappa shape index (κ2) is 21.2. The van der Waals surface area contributed by atoms with E-state index in [-0.39, 0.29) is 68.7 Å². The molecule has 14 heteroatoms. The van der Waals surface area contributed by atoms with E-state index in [4.69, 9.17) is 40.5 Å². The van der Waals surface area contributed by atoms with Crippen molar-refractivity contribution in [3.63, 3.8) is 0 Å². The number of hydrogen-bond donors (Lipinski definition) is 2. The molecule has 1 fully saturated rings. The van der Waals surface area contributed by atoms with Crippen LogP contribution in [0.1, 0.15) is 82.8 Å². The Kier molecular flexibility index (Phi) is 15.5. The van der Waals surface area contributed by atoms with Crippen molar-refractivity contribution in [2.24, 2.45) is 22.9 Å². The molecule has 4 aromatic rings. The monoisotopic (exact) mass is 909 g/mol. The van der Waals surface area contributed by atoms with Crippen molar-refractivity contribution >= 4 is 39.9 Å². The van der Waals surface area contributed by atoms with E-state index in [1.54, 1.807) is 29.2 Å². The zero-order chi connectivity index (χ0) is 46.1. The number of allylic oxidation sites excluding steroid dienone is 1. The van der Waals surface area contributed by atoms with Crippen molar-refractivity contribution in [3.8, 4) is 17.2 Å². The summed E-state index contributed by atoms with van der Waals surface area (Å²) in [6.45, 7) is 10.1. The Morgan fingerprint density at radius 1 is 1.00 bits per heavy atom. The van der Waals surface area contributed by atoms with E-state index in [1.165, 1.54) is 12.1 Å². The van der Waals surface area contributed by atoms with Gasteiger partial charge < -0.3 is 34.0 Å². The number of unbranched alkanes of at least 4 members (excludes halogenated alkanes) is 2. The number of benzene rings is 4. The molecule has 0 radical (unpaired) electrons. The zero-order valence-electron chi connectivity index (χ0n) is 37.4. The summed E-state index contributed by atoms with van der Waals surface area (Å²) in [4.78, 5) is 34.0. The van der Waals surface area contributed by atoms with Crippen LogP contribution in [-0.4, -0.2) is 81.6 Å². The zero-order valence-corrected chi connectivity index (χ0v) is 38.2. The maximum absolute atomic E-state index is 14.8. The molecular weight excluding hydrogens is 850 g/mol. The first kappa shape index (κ1) is 47.5.